The van der Waals surface area contributed by atoms with Gasteiger partial charge in [0.05, 0.1) is 28.9 Å². The molecule has 1 atom stereocenters. The summed E-state index contributed by atoms with van der Waals surface area (Å²) in [7, 11) is 0. The molecule has 0 aliphatic heterocycles. The predicted octanol–water partition coefficient (Wildman–Crippen LogP) is 3.32. The van der Waals surface area contributed by atoms with Crippen molar-refractivity contribution < 1.29 is 13.7 Å². The van der Waals surface area contributed by atoms with Crippen molar-refractivity contribution >= 4 is 22.7 Å². The van der Waals surface area contributed by atoms with Crippen molar-refractivity contribution in [3.8, 4) is 11.5 Å². The molecule has 9 heteroatoms. The van der Waals surface area contributed by atoms with Crippen LogP contribution in [0.25, 0.3) is 28.2 Å². The van der Waals surface area contributed by atoms with Crippen molar-refractivity contribution in [2.24, 2.45) is 0 Å². The smallest absolute Gasteiger partial charge is 0.259 e. The number of aromatic nitrogens is 5. The van der Waals surface area contributed by atoms with Gasteiger partial charge in [-0.2, -0.15) is 0 Å². The minimum absolute atomic E-state index is 0.280. The lowest BCUT2D eigenvalue weighted by Gasteiger charge is -2.13. The summed E-state index contributed by atoms with van der Waals surface area (Å²) in [5, 5.41) is 15.9. The highest BCUT2D eigenvalue weighted by Crippen LogP contribution is 2.27. The molecule has 0 saturated heterocycles. The zero-order valence-corrected chi connectivity index (χ0v) is 15.7. The summed E-state index contributed by atoms with van der Waals surface area (Å²) < 4.78 is 12.6. The SMILES string of the molecule is Cc1noc2nc(-c3ccco3)cc(C(=O)NC(C)c3nnc4ccccn34)c12. The first-order valence-electron chi connectivity index (χ1n) is 9.03. The molecule has 0 radical (unpaired) electrons. The molecule has 1 N–H and O–H groups in total. The van der Waals surface area contributed by atoms with Gasteiger partial charge in [-0.05, 0) is 44.2 Å². The van der Waals surface area contributed by atoms with Gasteiger partial charge in [0.2, 0.25) is 0 Å². The molecule has 29 heavy (non-hydrogen) atoms. The van der Waals surface area contributed by atoms with Crippen LogP contribution in [0.5, 0.6) is 0 Å². The summed E-state index contributed by atoms with van der Waals surface area (Å²) in [5.74, 6) is 0.871. The van der Waals surface area contributed by atoms with Gasteiger partial charge in [0.1, 0.15) is 5.69 Å². The van der Waals surface area contributed by atoms with E-state index >= 15 is 0 Å². The Bertz CT molecular complexity index is 1340. The van der Waals surface area contributed by atoms with Gasteiger partial charge in [-0.15, -0.1) is 10.2 Å². The quantitative estimate of drug-likeness (QED) is 0.503. The van der Waals surface area contributed by atoms with Gasteiger partial charge in [-0.25, -0.2) is 4.98 Å². The highest BCUT2D eigenvalue weighted by atomic mass is 16.5. The van der Waals surface area contributed by atoms with Crippen LogP contribution >= 0.6 is 0 Å². The zero-order chi connectivity index (χ0) is 20.0. The molecule has 0 aliphatic carbocycles. The third-order valence-electron chi connectivity index (χ3n) is 4.71. The van der Waals surface area contributed by atoms with Crippen LogP contribution in [-0.4, -0.2) is 30.6 Å². The Morgan fingerprint density at radius 3 is 2.93 bits per heavy atom. The standard InChI is InChI=1S/C20H16N6O3/c1-11-17-13(10-14(15-6-5-9-28-15)22-20(17)29-25-11)19(27)21-12(2)18-24-23-16-7-3-4-8-26(16)18/h3-10,12H,1-2H3,(H,21,27). The van der Waals surface area contributed by atoms with Crippen LogP contribution in [0.1, 0.15) is 34.8 Å². The van der Waals surface area contributed by atoms with E-state index in [-0.39, 0.29) is 17.7 Å². The molecule has 1 unspecified atom stereocenters. The summed E-state index contributed by atoms with van der Waals surface area (Å²) in [5.41, 5.74) is 2.47. The van der Waals surface area contributed by atoms with Gasteiger partial charge in [0, 0.05) is 6.20 Å². The molecule has 1 amide bonds. The largest absolute Gasteiger partial charge is 0.463 e. The van der Waals surface area contributed by atoms with E-state index in [9.17, 15) is 4.79 Å². The van der Waals surface area contributed by atoms with E-state index in [1.807, 2.05) is 35.7 Å². The minimum Gasteiger partial charge on any atom is -0.463 e. The number of amides is 1. The Hall–Kier alpha value is -4.01. The summed E-state index contributed by atoms with van der Waals surface area (Å²) in [6.45, 7) is 3.62. The van der Waals surface area contributed by atoms with Gasteiger partial charge in [-0.1, -0.05) is 11.2 Å². The van der Waals surface area contributed by atoms with Gasteiger partial charge in [-0.3, -0.25) is 9.20 Å². The molecule has 0 fully saturated rings. The molecule has 5 heterocycles. The molecule has 9 nitrogen and oxygen atoms in total. The van der Waals surface area contributed by atoms with Crippen LogP contribution < -0.4 is 5.32 Å². The Morgan fingerprint density at radius 1 is 1.21 bits per heavy atom. The molecule has 0 aromatic carbocycles. The second-order valence-electron chi connectivity index (χ2n) is 6.66. The molecule has 5 aromatic rings. The van der Waals surface area contributed by atoms with Crippen molar-refractivity contribution in [3.05, 3.63) is 65.9 Å². The average Bonchev–Trinajstić information content (AvgIpc) is 3.47. The molecule has 144 valence electrons. The Balaban J connectivity index is 1.54. The fourth-order valence-corrected chi connectivity index (χ4v) is 3.32. The first kappa shape index (κ1) is 17.1. The van der Waals surface area contributed by atoms with Crippen LogP contribution in [0, 0.1) is 6.92 Å². The van der Waals surface area contributed by atoms with Crippen molar-refractivity contribution in [1.29, 1.82) is 0 Å². The second kappa shape index (κ2) is 6.55. The highest BCUT2D eigenvalue weighted by molar-refractivity contribution is 6.07. The lowest BCUT2D eigenvalue weighted by Crippen LogP contribution is -2.28. The van der Waals surface area contributed by atoms with Crippen molar-refractivity contribution in [2.45, 2.75) is 19.9 Å². The van der Waals surface area contributed by atoms with Gasteiger partial charge >= 0.3 is 0 Å². The number of nitrogens with zero attached hydrogens (tertiary/aromatic N) is 5. The summed E-state index contributed by atoms with van der Waals surface area (Å²) in [6, 6.07) is 10.4. The normalized spacial score (nSPS) is 12.5. The number of carbonyl (C=O) groups excluding carboxylic acids is 1. The van der Waals surface area contributed by atoms with E-state index in [0.717, 1.165) is 0 Å². The maximum Gasteiger partial charge on any atom is 0.259 e. The molecule has 0 aliphatic rings. The Labute approximate surface area is 164 Å². The lowest BCUT2D eigenvalue weighted by atomic mass is 10.1. The number of furan rings is 1. The maximum atomic E-state index is 13.2. The number of fused-ring (bicyclic) bond motifs is 2. The highest BCUT2D eigenvalue weighted by Gasteiger charge is 2.23. The number of aryl methyl sites for hydroxylation is 1. The van der Waals surface area contributed by atoms with Crippen molar-refractivity contribution in [1.82, 2.24) is 30.1 Å². The van der Waals surface area contributed by atoms with Crippen LogP contribution in [0.15, 0.2) is 57.8 Å². The number of carbonyl (C=O) groups is 1. The van der Waals surface area contributed by atoms with Gasteiger partial charge in [0.15, 0.2) is 17.2 Å². The van der Waals surface area contributed by atoms with Crippen LogP contribution in [0.4, 0.5) is 0 Å². The molecule has 0 saturated carbocycles. The number of rotatable bonds is 4. The molecule has 5 aromatic heterocycles. The maximum absolute atomic E-state index is 13.2. The minimum atomic E-state index is -0.379. The van der Waals surface area contributed by atoms with Gasteiger partial charge < -0.3 is 14.3 Å². The van der Waals surface area contributed by atoms with Crippen molar-refractivity contribution in [2.75, 3.05) is 0 Å². The number of hydrogen-bond donors (Lipinski definition) is 1. The van der Waals surface area contributed by atoms with Gasteiger partial charge in [0.25, 0.3) is 11.6 Å². The van der Waals surface area contributed by atoms with E-state index in [4.69, 9.17) is 8.94 Å². The van der Waals surface area contributed by atoms with E-state index in [0.29, 0.717) is 39.6 Å². The summed E-state index contributed by atoms with van der Waals surface area (Å²) >= 11 is 0. The molecule has 0 spiro atoms. The van der Waals surface area contributed by atoms with Crippen LogP contribution in [-0.2, 0) is 0 Å². The number of pyridine rings is 2. The van der Waals surface area contributed by atoms with Crippen LogP contribution in [0.2, 0.25) is 0 Å². The van der Waals surface area contributed by atoms with Crippen LogP contribution in [0.3, 0.4) is 0 Å². The number of nitrogens with one attached hydrogen (secondary N) is 1. The van der Waals surface area contributed by atoms with E-state index in [1.165, 1.54) is 0 Å². The monoisotopic (exact) mass is 388 g/mol. The third kappa shape index (κ3) is 2.83. The topological polar surface area (TPSA) is 111 Å². The number of hydrogen-bond acceptors (Lipinski definition) is 7. The zero-order valence-electron chi connectivity index (χ0n) is 15.7. The van der Waals surface area contributed by atoms with E-state index < -0.39 is 0 Å². The predicted molar refractivity (Wildman–Crippen MR) is 103 cm³/mol. The molecule has 5 rings (SSSR count). The molecular formula is C20H16N6O3. The first-order chi connectivity index (χ1) is 14.1. The summed E-state index contributed by atoms with van der Waals surface area (Å²) in [6.07, 6.45) is 3.40. The van der Waals surface area contributed by atoms with E-state index in [2.05, 4.69) is 25.7 Å². The van der Waals surface area contributed by atoms with E-state index in [1.54, 1.807) is 31.4 Å². The molecular weight excluding hydrogens is 372 g/mol. The Morgan fingerprint density at radius 2 is 2.10 bits per heavy atom. The Kier molecular flexibility index (Phi) is 3.87. The fourth-order valence-electron chi connectivity index (χ4n) is 3.32. The third-order valence-corrected chi connectivity index (χ3v) is 4.71. The average molecular weight is 388 g/mol. The lowest BCUT2D eigenvalue weighted by molar-refractivity contribution is 0.0939. The summed E-state index contributed by atoms with van der Waals surface area (Å²) in [4.78, 5) is 17.6. The van der Waals surface area contributed by atoms with Crippen molar-refractivity contribution in [3.63, 3.8) is 0 Å². The first-order valence-corrected chi connectivity index (χ1v) is 9.03. The fraction of sp³-hybridized carbons (Fsp3) is 0.150. The molecule has 0 bridgehead atoms. The second-order valence-corrected chi connectivity index (χ2v) is 6.66.